The molecule has 1 heterocycles. The Kier molecular flexibility index (Phi) is 5.14. The molecule has 1 amide bonds. The largest absolute Gasteiger partial charge is 0.352 e. The molecule has 1 aromatic heterocycles. The fourth-order valence-electron chi connectivity index (χ4n) is 2.57. The van der Waals surface area contributed by atoms with E-state index in [4.69, 9.17) is 0 Å². The molecule has 126 valence electrons. The number of amides is 1. The SMILES string of the molecule is O=C(/C=C/c1cccc2cccnc12)NCCc1cc(F)cc(F)c1. The predicted molar refractivity (Wildman–Crippen MR) is 93.8 cm³/mol. The summed E-state index contributed by atoms with van der Waals surface area (Å²) < 4.78 is 26.2. The van der Waals surface area contributed by atoms with E-state index in [2.05, 4.69) is 10.3 Å². The second-order valence-corrected chi connectivity index (χ2v) is 5.57. The first-order valence-electron chi connectivity index (χ1n) is 7.86. The van der Waals surface area contributed by atoms with Crippen LogP contribution in [0.5, 0.6) is 0 Å². The van der Waals surface area contributed by atoms with E-state index in [9.17, 15) is 13.6 Å². The van der Waals surface area contributed by atoms with Crippen molar-refractivity contribution in [1.82, 2.24) is 10.3 Å². The highest BCUT2D eigenvalue weighted by molar-refractivity contribution is 5.95. The summed E-state index contributed by atoms with van der Waals surface area (Å²) in [5.41, 5.74) is 2.17. The third-order valence-corrected chi connectivity index (χ3v) is 3.71. The molecule has 0 aliphatic carbocycles. The molecule has 3 nitrogen and oxygen atoms in total. The summed E-state index contributed by atoms with van der Waals surface area (Å²) in [6.07, 6.45) is 5.18. The Balaban J connectivity index is 1.59. The fourth-order valence-corrected chi connectivity index (χ4v) is 2.57. The van der Waals surface area contributed by atoms with Crippen LogP contribution in [-0.2, 0) is 11.2 Å². The summed E-state index contributed by atoms with van der Waals surface area (Å²) >= 11 is 0. The van der Waals surface area contributed by atoms with Crippen LogP contribution in [0.1, 0.15) is 11.1 Å². The van der Waals surface area contributed by atoms with Crippen molar-refractivity contribution in [2.75, 3.05) is 6.54 Å². The van der Waals surface area contributed by atoms with Crippen molar-refractivity contribution in [3.05, 3.63) is 83.6 Å². The normalized spacial score (nSPS) is 11.1. The van der Waals surface area contributed by atoms with Crippen LogP contribution in [0, 0.1) is 11.6 Å². The molecule has 0 fully saturated rings. The minimum atomic E-state index is -0.621. The monoisotopic (exact) mass is 338 g/mol. The standard InChI is InChI=1S/C20H16F2N2O/c21-17-11-14(12-18(22)13-17)8-10-23-19(25)7-6-16-4-1-3-15-5-2-9-24-20(15)16/h1-7,9,11-13H,8,10H2,(H,23,25)/b7-6+. The van der Waals surface area contributed by atoms with Crippen LogP contribution in [0.25, 0.3) is 17.0 Å². The lowest BCUT2D eigenvalue weighted by atomic mass is 10.1. The molecule has 0 radical (unpaired) electrons. The fraction of sp³-hybridized carbons (Fsp3) is 0.100. The smallest absolute Gasteiger partial charge is 0.244 e. The third kappa shape index (κ3) is 4.47. The number of nitrogens with zero attached hydrogens (tertiary/aromatic N) is 1. The highest BCUT2D eigenvalue weighted by Crippen LogP contribution is 2.17. The third-order valence-electron chi connectivity index (χ3n) is 3.71. The molecule has 0 spiro atoms. The number of fused-ring (bicyclic) bond motifs is 1. The van der Waals surface area contributed by atoms with Crippen LogP contribution in [0.15, 0.2) is 60.8 Å². The maximum atomic E-state index is 13.1. The molecule has 0 saturated carbocycles. The Morgan fingerprint density at radius 2 is 1.84 bits per heavy atom. The van der Waals surface area contributed by atoms with E-state index < -0.39 is 11.6 Å². The molecular weight excluding hydrogens is 322 g/mol. The summed E-state index contributed by atoms with van der Waals surface area (Å²) in [6, 6.07) is 12.9. The van der Waals surface area contributed by atoms with Gasteiger partial charge in [-0.15, -0.1) is 0 Å². The molecule has 2 aromatic carbocycles. The quantitative estimate of drug-likeness (QED) is 0.717. The molecule has 5 heteroatoms. The predicted octanol–water partition coefficient (Wildman–Crippen LogP) is 3.89. The minimum Gasteiger partial charge on any atom is -0.352 e. The van der Waals surface area contributed by atoms with Gasteiger partial charge in [0, 0.05) is 35.8 Å². The van der Waals surface area contributed by atoms with Crippen molar-refractivity contribution in [1.29, 1.82) is 0 Å². The van der Waals surface area contributed by atoms with Gasteiger partial charge in [-0.2, -0.15) is 0 Å². The molecule has 0 bridgehead atoms. The van der Waals surface area contributed by atoms with Crippen LogP contribution in [-0.4, -0.2) is 17.4 Å². The van der Waals surface area contributed by atoms with E-state index in [1.807, 2.05) is 30.3 Å². The zero-order valence-corrected chi connectivity index (χ0v) is 13.4. The molecule has 3 rings (SSSR count). The number of para-hydroxylation sites is 1. The number of rotatable bonds is 5. The highest BCUT2D eigenvalue weighted by Gasteiger charge is 2.02. The van der Waals surface area contributed by atoms with Gasteiger partial charge in [-0.1, -0.05) is 24.3 Å². The van der Waals surface area contributed by atoms with Gasteiger partial charge < -0.3 is 5.32 Å². The summed E-state index contributed by atoms with van der Waals surface area (Å²) in [7, 11) is 0. The van der Waals surface area contributed by atoms with E-state index in [0.29, 0.717) is 18.5 Å². The maximum absolute atomic E-state index is 13.1. The molecule has 0 aliphatic rings. The van der Waals surface area contributed by atoms with Gasteiger partial charge in [-0.25, -0.2) is 8.78 Å². The topological polar surface area (TPSA) is 42.0 Å². The van der Waals surface area contributed by atoms with E-state index in [1.54, 1.807) is 12.3 Å². The minimum absolute atomic E-state index is 0.273. The molecule has 0 saturated heterocycles. The first-order chi connectivity index (χ1) is 12.1. The van der Waals surface area contributed by atoms with Crippen LogP contribution < -0.4 is 5.32 Å². The second-order valence-electron chi connectivity index (χ2n) is 5.57. The summed E-state index contributed by atoms with van der Waals surface area (Å²) in [5.74, 6) is -1.51. The first kappa shape index (κ1) is 16.8. The van der Waals surface area contributed by atoms with Gasteiger partial charge in [0.2, 0.25) is 5.91 Å². The number of hydrogen-bond donors (Lipinski definition) is 1. The Hall–Kier alpha value is -3.08. The molecular formula is C20H16F2N2O. The summed E-state index contributed by atoms with van der Waals surface area (Å²) in [5, 5.41) is 3.70. The van der Waals surface area contributed by atoms with Crippen LogP contribution in [0.2, 0.25) is 0 Å². The number of carbonyl (C=O) groups excluding carboxylic acids is 1. The second kappa shape index (κ2) is 7.66. The number of carbonyl (C=O) groups is 1. The summed E-state index contributed by atoms with van der Waals surface area (Å²) in [6.45, 7) is 0.292. The van der Waals surface area contributed by atoms with E-state index in [0.717, 1.165) is 22.5 Å². The van der Waals surface area contributed by atoms with Crippen LogP contribution >= 0.6 is 0 Å². The maximum Gasteiger partial charge on any atom is 0.244 e. The molecule has 25 heavy (non-hydrogen) atoms. The van der Waals surface area contributed by atoms with Gasteiger partial charge in [0.1, 0.15) is 11.6 Å². The number of aromatic nitrogens is 1. The average Bonchev–Trinajstić information content (AvgIpc) is 2.59. The average molecular weight is 338 g/mol. The van der Waals surface area contributed by atoms with E-state index >= 15 is 0 Å². The van der Waals surface area contributed by atoms with Gasteiger partial charge in [-0.05, 0) is 36.3 Å². The lowest BCUT2D eigenvalue weighted by Gasteiger charge is -2.04. The zero-order chi connectivity index (χ0) is 17.6. The Bertz CT molecular complexity index is 912. The van der Waals surface area contributed by atoms with Gasteiger partial charge in [0.25, 0.3) is 0 Å². The van der Waals surface area contributed by atoms with Crippen molar-refractivity contribution in [2.24, 2.45) is 0 Å². The van der Waals surface area contributed by atoms with E-state index in [-0.39, 0.29) is 5.91 Å². The van der Waals surface area contributed by atoms with Crippen molar-refractivity contribution in [2.45, 2.75) is 6.42 Å². The van der Waals surface area contributed by atoms with Gasteiger partial charge >= 0.3 is 0 Å². The summed E-state index contributed by atoms with van der Waals surface area (Å²) in [4.78, 5) is 16.2. The lowest BCUT2D eigenvalue weighted by molar-refractivity contribution is -0.116. The van der Waals surface area contributed by atoms with Crippen LogP contribution in [0.3, 0.4) is 0 Å². The molecule has 0 aliphatic heterocycles. The molecule has 1 N–H and O–H groups in total. The number of hydrogen-bond acceptors (Lipinski definition) is 2. The number of pyridine rings is 1. The van der Waals surface area contributed by atoms with E-state index in [1.165, 1.54) is 18.2 Å². The lowest BCUT2D eigenvalue weighted by Crippen LogP contribution is -2.23. The van der Waals surface area contributed by atoms with Crippen molar-refractivity contribution in [3.8, 4) is 0 Å². The van der Waals surface area contributed by atoms with Gasteiger partial charge in [0.15, 0.2) is 0 Å². The van der Waals surface area contributed by atoms with Gasteiger partial charge in [-0.3, -0.25) is 9.78 Å². The first-order valence-corrected chi connectivity index (χ1v) is 7.86. The van der Waals surface area contributed by atoms with Crippen LogP contribution in [0.4, 0.5) is 8.78 Å². The van der Waals surface area contributed by atoms with Gasteiger partial charge in [0.05, 0.1) is 5.52 Å². The number of halogens is 2. The van der Waals surface area contributed by atoms with Crippen molar-refractivity contribution in [3.63, 3.8) is 0 Å². The Morgan fingerprint density at radius 1 is 1.08 bits per heavy atom. The van der Waals surface area contributed by atoms with Crippen molar-refractivity contribution >= 4 is 22.9 Å². The highest BCUT2D eigenvalue weighted by atomic mass is 19.1. The molecule has 0 atom stereocenters. The Labute approximate surface area is 144 Å². The Morgan fingerprint density at radius 3 is 2.64 bits per heavy atom. The number of nitrogens with one attached hydrogen (secondary N) is 1. The molecule has 0 unspecified atom stereocenters. The molecule has 3 aromatic rings. The number of benzene rings is 2. The zero-order valence-electron chi connectivity index (χ0n) is 13.4. The van der Waals surface area contributed by atoms with Crippen molar-refractivity contribution < 1.29 is 13.6 Å².